The van der Waals surface area contributed by atoms with Crippen LogP contribution in [-0.4, -0.2) is 16.3 Å². The molecule has 0 spiro atoms. The fraction of sp³-hybridized carbons (Fsp3) is 0.381. The molecular formula is C21H26N+. The van der Waals surface area contributed by atoms with Crippen LogP contribution < -0.4 is 0 Å². The maximum atomic E-state index is 2.51. The zero-order valence-electron chi connectivity index (χ0n) is 14.4. The molecule has 1 aliphatic heterocycles. The van der Waals surface area contributed by atoms with Gasteiger partial charge in [-0.3, -0.25) is 0 Å². The minimum absolute atomic E-state index is 0.144. The maximum Gasteiger partial charge on any atom is 0.211 e. The second-order valence-corrected chi connectivity index (χ2v) is 7.30. The standard InChI is InChI=1S/C21H26N/c1-15-11-16(2)20(17(3)12-15)22-14-19(13-21(22,4)5)18-9-7-6-8-10-18/h6-12,14,19H,13H2,1-5H3/q+1. The second-order valence-electron chi connectivity index (χ2n) is 7.30. The molecule has 114 valence electrons. The molecule has 1 heteroatoms. The van der Waals surface area contributed by atoms with E-state index in [1.54, 1.807) is 0 Å². The molecule has 0 N–H and O–H groups in total. The monoisotopic (exact) mass is 292 g/mol. The number of hydrogen-bond donors (Lipinski definition) is 0. The molecule has 0 aliphatic carbocycles. The Morgan fingerprint density at radius 2 is 1.55 bits per heavy atom. The molecule has 0 bridgehead atoms. The fourth-order valence-corrected chi connectivity index (χ4v) is 3.90. The van der Waals surface area contributed by atoms with Crippen molar-refractivity contribution in [2.75, 3.05) is 0 Å². The lowest BCUT2D eigenvalue weighted by Gasteiger charge is -2.20. The molecule has 1 aliphatic rings. The SMILES string of the molecule is Cc1cc(C)c([N+]2=CC(c3ccccc3)CC2(C)C)c(C)c1. The van der Waals surface area contributed by atoms with Crippen molar-refractivity contribution in [3.8, 4) is 0 Å². The van der Waals surface area contributed by atoms with Gasteiger partial charge in [-0.1, -0.05) is 35.9 Å². The summed E-state index contributed by atoms with van der Waals surface area (Å²) < 4.78 is 2.51. The van der Waals surface area contributed by atoms with Crippen LogP contribution in [0.2, 0.25) is 0 Å². The van der Waals surface area contributed by atoms with Gasteiger partial charge in [-0.15, -0.1) is 0 Å². The third-order valence-corrected chi connectivity index (χ3v) is 4.80. The first kappa shape index (κ1) is 15.0. The summed E-state index contributed by atoms with van der Waals surface area (Å²) in [6, 6.07) is 15.5. The number of hydrogen-bond acceptors (Lipinski definition) is 0. The van der Waals surface area contributed by atoms with E-state index in [2.05, 4.69) is 87.9 Å². The first-order chi connectivity index (χ1) is 10.4. The molecular weight excluding hydrogens is 266 g/mol. The molecule has 0 saturated carbocycles. The zero-order valence-corrected chi connectivity index (χ0v) is 14.4. The van der Waals surface area contributed by atoms with Crippen LogP contribution >= 0.6 is 0 Å². The van der Waals surface area contributed by atoms with E-state index in [4.69, 9.17) is 0 Å². The fourth-order valence-electron chi connectivity index (χ4n) is 3.90. The molecule has 0 saturated heterocycles. The lowest BCUT2D eigenvalue weighted by atomic mass is 9.90. The van der Waals surface area contributed by atoms with Crippen LogP contribution in [0.1, 0.15) is 48.4 Å². The van der Waals surface area contributed by atoms with Gasteiger partial charge in [-0.25, -0.2) is 0 Å². The summed E-state index contributed by atoms with van der Waals surface area (Å²) in [5, 5.41) is 0. The highest BCUT2D eigenvalue weighted by atomic mass is 15.1. The first-order valence-electron chi connectivity index (χ1n) is 8.15. The Morgan fingerprint density at radius 1 is 0.955 bits per heavy atom. The van der Waals surface area contributed by atoms with E-state index in [0.29, 0.717) is 5.92 Å². The maximum absolute atomic E-state index is 2.51. The van der Waals surface area contributed by atoms with Crippen molar-refractivity contribution in [1.29, 1.82) is 0 Å². The van der Waals surface area contributed by atoms with Crippen molar-refractivity contribution in [1.82, 2.24) is 0 Å². The van der Waals surface area contributed by atoms with Crippen LogP contribution in [-0.2, 0) is 0 Å². The Bertz CT molecular complexity index is 700. The second kappa shape index (κ2) is 5.39. The van der Waals surface area contributed by atoms with Gasteiger partial charge in [0.05, 0.1) is 5.92 Å². The molecule has 0 amide bonds. The Balaban J connectivity index is 2.09. The van der Waals surface area contributed by atoms with E-state index in [1.165, 1.54) is 27.9 Å². The van der Waals surface area contributed by atoms with Gasteiger partial charge in [-0.2, -0.15) is 4.58 Å². The molecule has 1 nitrogen and oxygen atoms in total. The molecule has 3 rings (SSSR count). The van der Waals surface area contributed by atoms with Gasteiger partial charge in [-0.05, 0) is 38.5 Å². The predicted molar refractivity (Wildman–Crippen MR) is 94.5 cm³/mol. The van der Waals surface area contributed by atoms with Gasteiger partial charge in [0.25, 0.3) is 0 Å². The van der Waals surface area contributed by atoms with E-state index in [0.717, 1.165) is 6.42 Å². The van der Waals surface area contributed by atoms with Crippen molar-refractivity contribution < 1.29 is 4.58 Å². The normalized spacial score (nSPS) is 20.0. The highest BCUT2D eigenvalue weighted by Gasteiger charge is 2.43. The number of rotatable bonds is 2. The molecule has 2 aromatic rings. The van der Waals surface area contributed by atoms with E-state index in [9.17, 15) is 0 Å². The molecule has 1 unspecified atom stereocenters. The Morgan fingerprint density at radius 3 is 2.14 bits per heavy atom. The number of nitrogens with zero attached hydrogens (tertiary/aromatic N) is 1. The van der Waals surface area contributed by atoms with E-state index < -0.39 is 0 Å². The molecule has 0 radical (unpaired) electrons. The molecule has 1 atom stereocenters. The summed E-state index contributed by atoms with van der Waals surface area (Å²) in [5.74, 6) is 0.497. The summed E-state index contributed by atoms with van der Waals surface area (Å²) in [5.41, 5.74) is 7.03. The van der Waals surface area contributed by atoms with Gasteiger partial charge in [0.2, 0.25) is 5.69 Å². The summed E-state index contributed by atoms with van der Waals surface area (Å²) in [6.45, 7) is 11.3. The van der Waals surface area contributed by atoms with Crippen LogP contribution in [0.15, 0.2) is 42.5 Å². The van der Waals surface area contributed by atoms with Crippen LogP contribution in [0.5, 0.6) is 0 Å². The quantitative estimate of drug-likeness (QED) is 0.661. The zero-order chi connectivity index (χ0) is 15.9. The van der Waals surface area contributed by atoms with Crippen molar-refractivity contribution >= 4 is 11.9 Å². The Labute approximate surface area is 134 Å². The predicted octanol–water partition coefficient (Wildman–Crippen LogP) is 5.29. The third-order valence-electron chi connectivity index (χ3n) is 4.80. The summed E-state index contributed by atoms with van der Waals surface area (Å²) in [6.07, 6.45) is 3.59. The van der Waals surface area contributed by atoms with Gasteiger partial charge >= 0.3 is 0 Å². The van der Waals surface area contributed by atoms with Crippen molar-refractivity contribution in [3.05, 3.63) is 64.7 Å². The van der Waals surface area contributed by atoms with E-state index in [-0.39, 0.29) is 5.54 Å². The molecule has 2 aromatic carbocycles. The third kappa shape index (κ3) is 2.61. The summed E-state index contributed by atoms with van der Waals surface area (Å²) in [4.78, 5) is 0. The molecule has 1 heterocycles. The number of aryl methyl sites for hydroxylation is 3. The lowest BCUT2D eigenvalue weighted by molar-refractivity contribution is -0.512. The summed E-state index contributed by atoms with van der Waals surface area (Å²) in [7, 11) is 0. The number of benzene rings is 2. The van der Waals surface area contributed by atoms with Crippen LogP contribution in [0.3, 0.4) is 0 Å². The van der Waals surface area contributed by atoms with Gasteiger partial charge in [0.1, 0.15) is 0 Å². The van der Waals surface area contributed by atoms with Gasteiger partial charge < -0.3 is 0 Å². The molecule has 0 aromatic heterocycles. The van der Waals surface area contributed by atoms with Crippen LogP contribution in [0, 0.1) is 20.8 Å². The van der Waals surface area contributed by atoms with E-state index in [1.807, 2.05) is 0 Å². The Hall–Kier alpha value is -1.89. The molecule has 0 fully saturated rings. The van der Waals surface area contributed by atoms with Crippen molar-refractivity contribution in [2.24, 2.45) is 0 Å². The smallest absolute Gasteiger partial charge is 0.197 e. The molecule has 22 heavy (non-hydrogen) atoms. The lowest BCUT2D eigenvalue weighted by Crippen LogP contribution is -2.29. The largest absolute Gasteiger partial charge is 0.211 e. The minimum atomic E-state index is 0.144. The van der Waals surface area contributed by atoms with Gasteiger partial charge in [0.15, 0.2) is 11.8 Å². The highest BCUT2D eigenvalue weighted by molar-refractivity contribution is 5.68. The van der Waals surface area contributed by atoms with Crippen LogP contribution in [0.4, 0.5) is 5.69 Å². The first-order valence-corrected chi connectivity index (χ1v) is 8.15. The Kier molecular flexibility index (Phi) is 3.68. The highest BCUT2D eigenvalue weighted by Crippen LogP contribution is 2.39. The van der Waals surface area contributed by atoms with Gasteiger partial charge in [0, 0.05) is 31.4 Å². The summed E-state index contributed by atoms with van der Waals surface area (Å²) >= 11 is 0. The van der Waals surface area contributed by atoms with E-state index >= 15 is 0 Å². The van der Waals surface area contributed by atoms with Crippen molar-refractivity contribution in [2.45, 2.75) is 52.5 Å². The minimum Gasteiger partial charge on any atom is -0.197 e. The topological polar surface area (TPSA) is 3.01 Å². The average molecular weight is 292 g/mol. The average Bonchev–Trinajstić information content (AvgIpc) is 2.75. The van der Waals surface area contributed by atoms with Crippen LogP contribution in [0.25, 0.3) is 0 Å². The van der Waals surface area contributed by atoms with Crippen molar-refractivity contribution in [3.63, 3.8) is 0 Å².